The Morgan fingerprint density at radius 3 is 3.12 bits per heavy atom. The predicted molar refractivity (Wildman–Crippen MR) is 93.4 cm³/mol. The van der Waals surface area contributed by atoms with E-state index < -0.39 is 0 Å². The number of carbonyl (C=O) groups excluding carboxylic acids is 1. The fraction of sp³-hybridized carbons (Fsp3) is 0.353. The number of amides is 2. The number of nitrogens with one attached hydrogen (secondary N) is 2. The second kappa shape index (κ2) is 7.72. The first-order chi connectivity index (χ1) is 11.6. The average Bonchev–Trinajstić information content (AvgIpc) is 3.02. The molecule has 2 atom stereocenters. The minimum Gasteiger partial charge on any atom is -0.371 e. The monoisotopic (exact) mass is 390 g/mol. The Balaban J connectivity index is 1.58. The highest BCUT2D eigenvalue weighted by Gasteiger charge is 2.31. The van der Waals surface area contributed by atoms with Crippen LogP contribution < -0.4 is 10.6 Å². The zero-order valence-electron chi connectivity index (χ0n) is 13.3. The van der Waals surface area contributed by atoms with Gasteiger partial charge in [-0.1, -0.05) is 6.07 Å². The lowest BCUT2D eigenvalue weighted by Gasteiger charge is -2.20. The van der Waals surface area contributed by atoms with E-state index in [2.05, 4.69) is 36.5 Å². The van der Waals surface area contributed by atoms with Crippen molar-refractivity contribution >= 4 is 22.0 Å². The van der Waals surface area contributed by atoms with Crippen molar-refractivity contribution in [2.45, 2.75) is 32.0 Å². The maximum atomic E-state index is 12.2. The van der Waals surface area contributed by atoms with E-state index >= 15 is 0 Å². The summed E-state index contributed by atoms with van der Waals surface area (Å²) in [5, 5.41) is 5.88. The Morgan fingerprint density at radius 2 is 2.33 bits per heavy atom. The van der Waals surface area contributed by atoms with Crippen molar-refractivity contribution in [1.29, 1.82) is 0 Å². The average molecular weight is 391 g/mol. The molecule has 0 saturated carbocycles. The van der Waals surface area contributed by atoms with E-state index in [1.54, 1.807) is 18.6 Å². The van der Waals surface area contributed by atoms with Crippen LogP contribution in [-0.2, 0) is 11.3 Å². The molecule has 0 aromatic carbocycles. The van der Waals surface area contributed by atoms with Gasteiger partial charge in [0.2, 0.25) is 0 Å². The van der Waals surface area contributed by atoms with Crippen LogP contribution in [0.25, 0.3) is 0 Å². The molecular weight excluding hydrogens is 372 g/mol. The van der Waals surface area contributed by atoms with E-state index in [1.807, 2.05) is 25.1 Å². The van der Waals surface area contributed by atoms with Crippen molar-refractivity contribution in [3.05, 3.63) is 58.1 Å². The molecule has 1 aliphatic heterocycles. The van der Waals surface area contributed by atoms with Gasteiger partial charge in [0.25, 0.3) is 0 Å². The van der Waals surface area contributed by atoms with E-state index in [9.17, 15) is 4.79 Å². The van der Waals surface area contributed by atoms with Crippen LogP contribution in [0.4, 0.5) is 4.79 Å². The summed E-state index contributed by atoms with van der Waals surface area (Å²) in [6.07, 6.45) is 5.83. The second-order valence-electron chi connectivity index (χ2n) is 5.70. The number of rotatable bonds is 4. The third-order valence-corrected chi connectivity index (χ3v) is 4.45. The minimum atomic E-state index is -0.207. The highest BCUT2D eigenvalue weighted by molar-refractivity contribution is 9.10. The van der Waals surface area contributed by atoms with Crippen LogP contribution in [0, 0.1) is 6.92 Å². The summed E-state index contributed by atoms with van der Waals surface area (Å²) >= 11 is 3.41. The largest absolute Gasteiger partial charge is 0.371 e. The highest BCUT2D eigenvalue weighted by atomic mass is 79.9. The number of aryl methyl sites for hydroxylation is 1. The van der Waals surface area contributed by atoms with Gasteiger partial charge < -0.3 is 15.4 Å². The molecule has 0 bridgehead atoms. The zero-order valence-corrected chi connectivity index (χ0v) is 14.9. The fourth-order valence-electron chi connectivity index (χ4n) is 2.75. The molecule has 126 valence electrons. The van der Waals surface area contributed by atoms with Gasteiger partial charge in [-0.3, -0.25) is 9.97 Å². The zero-order chi connectivity index (χ0) is 16.9. The topological polar surface area (TPSA) is 76.1 Å². The number of nitrogens with zero attached hydrogens (tertiary/aromatic N) is 2. The van der Waals surface area contributed by atoms with Gasteiger partial charge in [0.1, 0.15) is 6.10 Å². The second-order valence-corrected chi connectivity index (χ2v) is 6.61. The number of hydrogen-bond acceptors (Lipinski definition) is 4. The van der Waals surface area contributed by atoms with Crippen molar-refractivity contribution in [2.75, 3.05) is 6.61 Å². The van der Waals surface area contributed by atoms with Crippen LogP contribution >= 0.6 is 15.9 Å². The van der Waals surface area contributed by atoms with Crippen LogP contribution in [0.1, 0.15) is 29.3 Å². The number of halogens is 1. The third kappa shape index (κ3) is 4.10. The van der Waals surface area contributed by atoms with Crippen molar-refractivity contribution in [3.8, 4) is 0 Å². The van der Waals surface area contributed by atoms with E-state index in [-0.39, 0.29) is 18.2 Å². The summed E-state index contributed by atoms with van der Waals surface area (Å²) in [4.78, 5) is 20.6. The van der Waals surface area contributed by atoms with Gasteiger partial charge in [-0.05, 0) is 47.0 Å². The number of carbonyl (C=O) groups is 1. The van der Waals surface area contributed by atoms with Crippen LogP contribution in [0.3, 0.4) is 0 Å². The summed E-state index contributed by atoms with van der Waals surface area (Å²) in [5.41, 5.74) is 2.87. The highest BCUT2D eigenvalue weighted by Crippen LogP contribution is 2.29. The number of ether oxygens (including phenoxy) is 1. The van der Waals surface area contributed by atoms with Crippen molar-refractivity contribution < 1.29 is 9.53 Å². The first kappa shape index (κ1) is 16.9. The standard InChI is InChI=1S/C17H19BrN4O2/c1-11-12(3-2-5-20-11)9-21-17(23)22-15-4-6-24-16(15)13-7-14(18)10-19-8-13/h2-3,5,7-8,10,15-16H,4,6,9H2,1H3,(H2,21,22,23)/t15-,16+/m1/s1. The Labute approximate surface area is 149 Å². The normalized spacial score (nSPS) is 19.9. The summed E-state index contributed by atoms with van der Waals surface area (Å²) in [6.45, 7) is 2.99. The molecule has 7 heteroatoms. The number of aromatic nitrogens is 2. The third-order valence-electron chi connectivity index (χ3n) is 4.02. The molecule has 24 heavy (non-hydrogen) atoms. The summed E-state index contributed by atoms with van der Waals surface area (Å²) in [7, 11) is 0. The lowest BCUT2D eigenvalue weighted by molar-refractivity contribution is 0.0996. The molecule has 0 aliphatic carbocycles. The molecule has 1 fully saturated rings. The van der Waals surface area contributed by atoms with Crippen molar-refractivity contribution in [1.82, 2.24) is 20.6 Å². The van der Waals surface area contributed by atoms with Gasteiger partial charge in [-0.15, -0.1) is 0 Å². The summed E-state index contributed by atoms with van der Waals surface area (Å²) < 4.78 is 6.67. The van der Waals surface area contributed by atoms with E-state index in [0.717, 1.165) is 27.7 Å². The SMILES string of the molecule is Cc1ncccc1CNC(=O)N[C@@H]1CCO[C@H]1c1cncc(Br)c1. The smallest absolute Gasteiger partial charge is 0.315 e. The molecule has 2 aromatic heterocycles. The van der Waals surface area contributed by atoms with Gasteiger partial charge in [0.15, 0.2) is 0 Å². The molecule has 3 heterocycles. The van der Waals surface area contributed by atoms with Crippen LogP contribution in [0.15, 0.2) is 41.3 Å². The number of hydrogen-bond donors (Lipinski definition) is 2. The lowest BCUT2D eigenvalue weighted by Crippen LogP contribution is -2.43. The molecule has 0 spiro atoms. The molecule has 1 aliphatic rings. The molecule has 2 N–H and O–H groups in total. The van der Waals surface area contributed by atoms with Gasteiger partial charge in [-0.2, -0.15) is 0 Å². The maximum absolute atomic E-state index is 12.2. The molecule has 0 radical (unpaired) electrons. The summed E-state index contributed by atoms with van der Waals surface area (Å²) in [6, 6.07) is 5.51. The Hall–Kier alpha value is -1.99. The summed E-state index contributed by atoms with van der Waals surface area (Å²) in [5.74, 6) is 0. The molecule has 3 rings (SSSR count). The van der Waals surface area contributed by atoms with Gasteiger partial charge in [0.05, 0.1) is 6.04 Å². The minimum absolute atomic E-state index is 0.0731. The van der Waals surface area contributed by atoms with Gasteiger partial charge in [0, 0.05) is 47.5 Å². The molecule has 2 aromatic rings. The van der Waals surface area contributed by atoms with E-state index in [4.69, 9.17) is 4.74 Å². The molecule has 0 unspecified atom stereocenters. The Morgan fingerprint density at radius 1 is 1.46 bits per heavy atom. The van der Waals surface area contributed by atoms with Crippen molar-refractivity contribution in [2.24, 2.45) is 0 Å². The molecular formula is C17H19BrN4O2. The Kier molecular flexibility index (Phi) is 5.42. The lowest BCUT2D eigenvalue weighted by atomic mass is 10.0. The Bertz CT molecular complexity index is 725. The predicted octanol–water partition coefficient (Wildman–Crippen LogP) is 2.88. The molecule has 1 saturated heterocycles. The molecule has 2 amide bonds. The number of pyridine rings is 2. The van der Waals surface area contributed by atoms with E-state index in [1.165, 1.54) is 0 Å². The maximum Gasteiger partial charge on any atom is 0.315 e. The van der Waals surface area contributed by atoms with E-state index in [0.29, 0.717) is 13.2 Å². The van der Waals surface area contributed by atoms with Crippen LogP contribution in [0.2, 0.25) is 0 Å². The van der Waals surface area contributed by atoms with Gasteiger partial charge >= 0.3 is 6.03 Å². The quantitative estimate of drug-likeness (QED) is 0.841. The van der Waals surface area contributed by atoms with Gasteiger partial charge in [-0.25, -0.2) is 4.79 Å². The molecule has 6 nitrogen and oxygen atoms in total. The first-order valence-electron chi connectivity index (χ1n) is 7.80. The fourth-order valence-corrected chi connectivity index (χ4v) is 3.13. The van der Waals surface area contributed by atoms with Crippen LogP contribution in [-0.4, -0.2) is 28.6 Å². The first-order valence-corrected chi connectivity index (χ1v) is 8.59. The number of urea groups is 1. The van der Waals surface area contributed by atoms with Crippen LogP contribution in [0.5, 0.6) is 0 Å². The van der Waals surface area contributed by atoms with Crippen molar-refractivity contribution in [3.63, 3.8) is 0 Å².